The lowest BCUT2D eigenvalue weighted by Crippen LogP contribution is -2.47. The Morgan fingerprint density at radius 3 is 2.06 bits per heavy atom. The molecule has 0 bridgehead atoms. The molecule has 2 atom stereocenters. The highest BCUT2D eigenvalue weighted by molar-refractivity contribution is 8.03. The summed E-state index contributed by atoms with van der Waals surface area (Å²) in [6, 6.07) is -0.650. The average Bonchev–Trinajstić information content (AvgIpc) is 3.22. The van der Waals surface area contributed by atoms with E-state index in [0.29, 0.717) is 25.9 Å². The summed E-state index contributed by atoms with van der Waals surface area (Å²) in [4.78, 5) is 55.8. The van der Waals surface area contributed by atoms with Gasteiger partial charge in [0.05, 0.1) is 0 Å². The Morgan fingerprint density at radius 2 is 1.58 bits per heavy atom. The van der Waals surface area contributed by atoms with Gasteiger partial charge in [-0.25, -0.2) is 9.59 Å². The highest BCUT2D eigenvalue weighted by Crippen LogP contribution is 2.40. The topological polar surface area (TPSA) is 96.5 Å². The van der Waals surface area contributed by atoms with Crippen LogP contribution >= 0.6 is 11.8 Å². The van der Waals surface area contributed by atoms with Crippen LogP contribution in [0.5, 0.6) is 0 Å². The van der Waals surface area contributed by atoms with E-state index in [2.05, 4.69) is 0 Å². The molecule has 0 aliphatic carbocycles. The van der Waals surface area contributed by atoms with Crippen LogP contribution < -0.4 is 0 Å². The third-order valence-corrected chi connectivity index (χ3v) is 6.35. The number of likely N-dealkylation sites (tertiary alicyclic amines) is 1. The van der Waals surface area contributed by atoms with E-state index in [4.69, 9.17) is 9.47 Å². The quantitative estimate of drug-likeness (QED) is 0.567. The number of amides is 3. The van der Waals surface area contributed by atoms with Gasteiger partial charge in [0.2, 0.25) is 11.8 Å². The molecule has 3 amide bonds. The van der Waals surface area contributed by atoms with Crippen LogP contribution in [0.2, 0.25) is 0 Å². The third kappa shape index (κ3) is 7.12. The van der Waals surface area contributed by atoms with Gasteiger partial charge in [-0.05, 0) is 54.4 Å². The van der Waals surface area contributed by atoms with Crippen LogP contribution in [0, 0.1) is 0 Å². The predicted octanol–water partition coefficient (Wildman–Crippen LogP) is 2.99. The van der Waals surface area contributed by atoms with Crippen molar-refractivity contribution in [2.24, 2.45) is 0 Å². The maximum absolute atomic E-state index is 12.9. The van der Waals surface area contributed by atoms with Gasteiger partial charge in [0, 0.05) is 44.3 Å². The average molecular weight is 484 g/mol. The Hall–Kier alpha value is -2.23. The molecular weight excluding hydrogens is 446 g/mol. The molecule has 0 spiro atoms. The number of nitrogens with zero attached hydrogens (tertiary/aromatic N) is 3. The number of ether oxygens (including phenoxy) is 2. The number of carbonyl (C=O) groups excluding carboxylic acids is 4. The van der Waals surface area contributed by atoms with Gasteiger partial charge in [-0.3, -0.25) is 14.5 Å². The lowest BCUT2D eigenvalue weighted by molar-refractivity contribution is -0.153. The molecule has 1 fully saturated rings. The number of likely N-dealkylation sites (N-methyl/N-ethyl adjacent to an activating group) is 1. The fraction of sp³-hybridized carbons (Fsp3) is 0.739. The van der Waals surface area contributed by atoms with Crippen molar-refractivity contribution in [1.29, 1.82) is 0 Å². The van der Waals surface area contributed by atoms with Gasteiger partial charge in [-0.15, -0.1) is 11.8 Å². The van der Waals surface area contributed by atoms with E-state index >= 15 is 0 Å². The van der Waals surface area contributed by atoms with Crippen molar-refractivity contribution in [3.63, 3.8) is 0 Å². The summed E-state index contributed by atoms with van der Waals surface area (Å²) in [6.07, 6.45) is 0.407. The van der Waals surface area contributed by atoms with Crippen molar-refractivity contribution >= 4 is 35.6 Å². The van der Waals surface area contributed by atoms with Crippen molar-refractivity contribution in [3.8, 4) is 0 Å². The molecule has 0 N–H and O–H groups in total. The van der Waals surface area contributed by atoms with Crippen LogP contribution in [0.4, 0.5) is 4.79 Å². The largest absolute Gasteiger partial charge is 0.455 e. The SMILES string of the molecule is CC(=O)N1CCC(S[C@H]2C[C@@H](C(=O)N(C)C)N(C(=O)OC(C)(C)C)C2)=C1C(=O)OC(C)(C)C. The molecule has 0 radical (unpaired) electrons. The summed E-state index contributed by atoms with van der Waals surface area (Å²) in [5.41, 5.74) is -1.13. The third-order valence-electron chi connectivity index (χ3n) is 4.99. The first kappa shape index (κ1) is 27.0. The first-order valence-electron chi connectivity index (χ1n) is 11.1. The minimum atomic E-state index is -0.699. The second kappa shape index (κ2) is 9.95. The minimum Gasteiger partial charge on any atom is -0.455 e. The molecule has 0 aromatic rings. The molecule has 186 valence electrons. The van der Waals surface area contributed by atoms with E-state index < -0.39 is 29.3 Å². The molecule has 0 aromatic carbocycles. The Bertz CT molecular complexity index is 840. The maximum atomic E-state index is 12.9. The summed E-state index contributed by atoms with van der Waals surface area (Å²) >= 11 is 1.44. The van der Waals surface area contributed by atoms with Crippen LogP contribution in [0.25, 0.3) is 0 Å². The fourth-order valence-electron chi connectivity index (χ4n) is 3.71. The molecule has 2 rings (SSSR count). The number of carbonyl (C=O) groups is 4. The van der Waals surface area contributed by atoms with Gasteiger partial charge in [-0.2, -0.15) is 0 Å². The molecule has 0 saturated carbocycles. The number of rotatable bonds is 4. The van der Waals surface area contributed by atoms with Crippen LogP contribution in [0.15, 0.2) is 10.6 Å². The lowest BCUT2D eigenvalue weighted by atomic mass is 10.2. The summed E-state index contributed by atoms with van der Waals surface area (Å²) in [6.45, 7) is 12.8. The van der Waals surface area contributed by atoms with E-state index in [1.165, 1.54) is 33.4 Å². The second-order valence-electron chi connectivity index (χ2n) is 10.6. The Morgan fingerprint density at radius 1 is 1.00 bits per heavy atom. The predicted molar refractivity (Wildman–Crippen MR) is 126 cm³/mol. The number of thioether (sulfide) groups is 1. The number of hydrogen-bond donors (Lipinski definition) is 0. The van der Waals surface area contributed by atoms with Gasteiger partial charge in [0.15, 0.2) is 0 Å². The molecule has 1 saturated heterocycles. The standard InChI is InChI=1S/C23H37N3O6S/c1-14(27)25-11-10-17(18(25)20(29)31-22(2,3)4)33-15-12-16(19(28)24(8)9)26(13-15)21(30)32-23(5,6)7/h15-16H,10-13H2,1-9H3/t15-,16-/m0/s1. The normalized spacial score (nSPS) is 21.4. The Balaban J connectivity index is 2.31. The zero-order valence-corrected chi connectivity index (χ0v) is 22.0. The van der Waals surface area contributed by atoms with Crippen molar-refractivity contribution in [2.45, 2.75) is 83.8 Å². The van der Waals surface area contributed by atoms with E-state index in [1.54, 1.807) is 55.6 Å². The highest BCUT2D eigenvalue weighted by atomic mass is 32.2. The van der Waals surface area contributed by atoms with E-state index in [0.717, 1.165) is 4.91 Å². The second-order valence-corrected chi connectivity index (χ2v) is 11.9. The van der Waals surface area contributed by atoms with Gasteiger partial charge >= 0.3 is 12.1 Å². The molecule has 0 unspecified atom stereocenters. The molecule has 2 aliphatic heterocycles. The smallest absolute Gasteiger partial charge is 0.411 e. The van der Waals surface area contributed by atoms with E-state index in [-0.39, 0.29) is 22.8 Å². The van der Waals surface area contributed by atoms with Gasteiger partial charge in [0.1, 0.15) is 22.9 Å². The molecule has 9 nitrogen and oxygen atoms in total. The molecular formula is C23H37N3O6S. The number of hydrogen-bond acceptors (Lipinski definition) is 7. The molecule has 33 heavy (non-hydrogen) atoms. The molecule has 0 aromatic heterocycles. The van der Waals surface area contributed by atoms with Gasteiger partial charge in [-0.1, -0.05) is 0 Å². The fourth-order valence-corrected chi connectivity index (χ4v) is 5.14. The zero-order chi connectivity index (χ0) is 25.3. The molecule has 10 heteroatoms. The van der Waals surface area contributed by atoms with E-state index in [9.17, 15) is 19.2 Å². The minimum absolute atomic E-state index is 0.134. The molecule has 2 heterocycles. The Labute approximate surface area is 200 Å². The van der Waals surface area contributed by atoms with Crippen LogP contribution in [0.1, 0.15) is 61.3 Å². The van der Waals surface area contributed by atoms with Crippen molar-refractivity contribution < 1.29 is 28.7 Å². The molecule has 2 aliphatic rings. The van der Waals surface area contributed by atoms with Crippen LogP contribution in [-0.4, -0.2) is 88.3 Å². The highest BCUT2D eigenvalue weighted by Gasteiger charge is 2.44. The first-order chi connectivity index (χ1) is 15.0. The maximum Gasteiger partial charge on any atom is 0.411 e. The zero-order valence-electron chi connectivity index (χ0n) is 21.2. The lowest BCUT2D eigenvalue weighted by Gasteiger charge is -2.29. The summed E-state index contributed by atoms with van der Waals surface area (Å²) in [7, 11) is 3.31. The van der Waals surface area contributed by atoms with Crippen molar-refractivity contribution in [2.75, 3.05) is 27.2 Å². The van der Waals surface area contributed by atoms with Crippen molar-refractivity contribution in [3.05, 3.63) is 10.6 Å². The monoisotopic (exact) mass is 483 g/mol. The van der Waals surface area contributed by atoms with Crippen LogP contribution in [0.3, 0.4) is 0 Å². The first-order valence-corrected chi connectivity index (χ1v) is 12.0. The van der Waals surface area contributed by atoms with E-state index in [1.807, 2.05) is 0 Å². The summed E-state index contributed by atoms with van der Waals surface area (Å²) in [5, 5.41) is -0.134. The van der Waals surface area contributed by atoms with Gasteiger partial charge in [0.25, 0.3) is 0 Å². The summed E-state index contributed by atoms with van der Waals surface area (Å²) in [5.74, 6) is -0.948. The van der Waals surface area contributed by atoms with Gasteiger partial charge < -0.3 is 19.3 Å². The van der Waals surface area contributed by atoms with Crippen LogP contribution in [-0.2, 0) is 23.9 Å². The summed E-state index contributed by atoms with van der Waals surface area (Å²) < 4.78 is 11.1. The Kier molecular flexibility index (Phi) is 8.14. The number of esters is 1. The van der Waals surface area contributed by atoms with Crippen molar-refractivity contribution in [1.82, 2.24) is 14.7 Å².